The van der Waals surface area contributed by atoms with Gasteiger partial charge in [-0.3, -0.25) is 0 Å². The molecular formula is C17H23BrO4. The van der Waals surface area contributed by atoms with Gasteiger partial charge >= 0.3 is 5.97 Å². The highest BCUT2D eigenvalue weighted by molar-refractivity contribution is 9.09. The first kappa shape index (κ1) is 18.6. The zero-order valence-corrected chi connectivity index (χ0v) is 14.7. The van der Waals surface area contributed by atoms with E-state index in [0.29, 0.717) is 12.4 Å². The highest BCUT2D eigenvalue weighted by Gasteiger charge is 2.05. The molecule has 0 N–H and O–H groups in total. The SMILES string of the molecule is COC(=O)C=Cc1ccc(OCCCCCCBr)c(OC)c1. The first-order valence-electron chi connectivity index (χ1n) is 7.34. The average Bonchev–Trinajstić information content (AvgIpc) is 2.56. The summed E-state index contributed by atoms with van der Waals surface area (Å²) in [5.41, 5.74) is 0.854. The first-order valence-corrected chi connectivity index (χ1v) is 8.46. The van der Waals surface area contributed by atoms with E-state index in [2.05, 4.69) is 20.7 Å². The molecule has 1 aromatic rings. The van der Waals surface area contributed by atoms with Crippen molar-refractivity contribution in [2.75, 3.05) is 26.2 Å². The molecule has 0 aliphatic carbocycles. The number of alkyl halides is 1. The third-order valence-electron chi connectivity index (χ3n) is 3.09. The van der Waals surface area contributed by atoms with Gasteiger partial charge in [-0.25, -0.2) is 4.79 Å². The normalized spacial score (nSPS) is 10.7. The Hall–Kier alpha value is -1.49. The van der Waals surface area contributed by atoms with Crippen LogP contribution < -0.4 is 9.47 Å². The van der Waals surface area contributed by atoms with E-state index in [1.807, 2.05) is 18.2 Å². The maximum Gasteiger partial charge on any atom is 0.330 e. The highest BCUT2D eigenvalue weighted by atomic mass is 79.9. The van der Waals surface area contributed by atoms with Gasteiger partial charge in [-0.1, -0.05) is 34.8 Å². The summed E-state index contributed by atoms with van der Waals surface area (Å²) in [6, 6.07) is 5.57. The lowest BCUT2D eigenvalue weighted by atomic mass is 10.2. The summed E-state index contributed by atoms with van der Waals surface area (Å²) < 4.78 is 15.7. The Morgan fingerprint density at radius 3 is 2.59 bits per heavy atom. The number of rotatable bonds is 10. The molecule has 1 aromatic carbocycles. The predicted octanol–water partition coefficient (Wildman–Crippen LogP) is 4.22. The van der Waals surface area contributed by atoms with E-state index in [1.165, 1.54) is 26.0 Å². The van der Waals surface area contributed by atoms with Gasteiger partial charge in [0, 0.05) is 11.4 Å². The molecule has 5 heteroatoms. The topological polar surface area (TPSA) is 44.8 Å². The molecule has 0 unspecified atom stereocenters. The second kappa shape index (κ2) is 11.1. The Balaban J connectivity index is 2.54. The molecule has 0 aliphatic heterocycles. The zero-order valence-electron chi connectivity index (χ0n) is 13.1. The first-order chi connectivity index (χ1) is 10.7. The molecular weight excluding hydrogens is 348 g/mol. The van der Waals surface area contributed by atoms with Crippen LogP contribution >= 0.6 is 15.9 Å². The van der Waals surface area contributed by atoms with Gasteiger partial charge in [-0.2, -0.15) is 0 Å². The molecule has 0 atom stereocenters. The number of carbonyl (C=O) groups excluding carboxylic acids is 1. The molecule has 0 saturated carbocycles. The molecule has 22 heavy (non-hydrogen) atoms. The van der Waals surface area contributed by atoms with E-state index >= 15 is 0 Å². The van der Waals surface area contributed by atoms with Gasteiger partial charge in [-0.15, -0.1) is 0 Å². The van der Waals surface area contributed by atoms with Crippen LogP contribution in [-0.2, 0) is 9.53 Å². The van der Waals surface area contributed by atoms with Crippen LogP contribution in [0.3, 0.4) is 0 Å². The Morgan fingerprint density at radius 1 is 1.14 bits per heavy atom. The summed E-state index contributed by atoms with van der Waals surface area (Å²) in [4.78, 5) is 11.1. The molecule has 0 radical (unpaired) electrons. The van der Waals surface area contributed by atoms with Crippen LogP contribution in [0.1, 0.15) is 31.2 Å². The van der Waals surface area contributed by atoms with Crippen molar-refractivity contribution in [3.05, 3.63) is 29.8 Å². The van der Waals surface area contributed by atoms with Crippen molar-refractivity contribution in [2.45, 2.75) is 25.7 Å². The number of benzene rings is 1. The molecule has 0 amide bonds. The van der Waals surface area contributed by atoms with E-state index in [-0.39, 0.29) is 5.97 Å². The molecule has 0 heterocycles. The molecule has 122 valence electrons. The number of unbranched alkanes of at least 4 members (excludes halogenated alkanes) is 3. The molecule has 4 nitrogen and oxygen atoms in total. The molecule has 0 saturated heterocycles. The standard InChI is InChI=1S/C17H23BrO4/c1-20-16-13-14(8-10-17(19)21-2)7-9-15(16)22-12-6-4-3-5-11-18/h7-10,13H,3-6,11-12H2,1-2H3. The quantitative estimate of drug-likeness (QED) is 0.267. The lowest BCUT2D eigenvalue weighted by Gasteiger charge is -2.11. The fourth-order valence-electron chi connectivity index (χ4n) is 1.87. The Morgan fingerprint density at radius 2 is 1.91 bits per heavy atom. The zero-order chi connectivity index (χ0) is 16.2. The molecule has 1 rings (SSSR count). The van der Waals surface area contributed by atoms with Crippen molar-refractivity contribution in [2.24, 2.45) is 0 Å². The second-order valence-electron chi connectivity index (χ2n) is 4.72. The third-order valence-corrected chi connectivity index (χ3v) is 3.65. The Bertz CT molecular complexity index is 486. The van der Waals surface area contributed by atoms with Crippen molar-refractivity contribution < 1.29 is 19.0 Å². The second-order valence-corrected chi connectivity index (χ2v) is 5.51. The molecule has 0 fully saturated rings. The minimum atomic E-state index is -0.386. The lowest BCUT2D eigenvalue weighted by molar-refractivity contribution is -0.134. The Kier molecular flexibility index (Phi) is 9.39. The summed E-state index contributed by atoms with van der Waals surface area (Å²) in [6.45, 7) is 0.677. The molecule has 0 aliphatic rings. The van der Waals surface area contributed by atoms with Gasteiger partial charge in [0.05, 0.1) is 20.8 Å². The van der Waals surface area contributed by atoms with Crippen LogP contribution in [0.2, 0.25) is 0 Å². The van der Waals surface area contributed by atoms with Crippen LogP contribution in [0.4, 0.5) is 0 Å². The minimum Gasteiger partial charge on any atom is -0.493 e. The van der Waals surface area contributed by atoms with Gasteiger partial charge in [0.1, 0.15) is 0 Å². The number of ether oxygens (including phenoxy) is 3. The van der Waals surface area contributed by atoms with Gasteiger partial charge in [0.15, 0.2) is 11.5 Å². The summed E-state index contributed by atoms with van der Waals surface area (Å²) in [5, 5.41) is 1.06. The van der Waals surface area contributed by atoms with Crippen molar-refractivity contribution in [3.8, 4) is 11.5 Å². The van der Waals surface area contributed by atoms with Crippen LogP contribution in [0, 0.1) is 0 Å². The van der Waals surface area contributed by atoms with E-state index in [4.69, 9.17) is 9.47 Å². The van der Waals surface area contributed by atoms with E-state index in [0.717, 1.165) is 29.5 Å². The van der Waals surface area contributed by atoms with E-state index in [9.17, 15) is 4.79 Å². The fraction of sp³-hybridized carbons (Fsp3) is 0.471. The minimum absolute atomic E-state index is 0.386. The van der Waals surface area contributed by atoms with Gasteiger partial charge < -0.3 is 14.2 Å². The van der Waals surface area contributed by atoms with Gasteiger partial charge in [0.25, 0.3) is 0 Å². The highest BCUT2D eigenvalue weighted by Crippen LogP contribution is 2.28. The van der Waals surface area contributed by atoms with Gasteiger partial charge in [-0.05, 0) is 36.6 Å². The number of methoxy groups -OCH3 is 2. The van der Waals surface area contributed by atoms with Crippen molar-refractivity contribution in [1.29, 1.82) is 0 Å². The van der Waals surface area contributed by atoms with Crippen LogP contribution in [0.15, 0.2) is 24.3 Å². The molecule has 0 bridgehead atoms. The summed E-state index contributed by atoms with van der Waals surface area (Å²) >= 11 is 3.42. The largest absolute Gasteiger partial charge is 0.493 e. The number of carbonyl (C=O) groups is 1. The third kappa shape index (κ3) is 6.98. The maximum atomic E-state index is 11.1. The van der Waals surface area contributed by atoms with E-state index in [1.54, 1.807) is 13.2 Å². The number of halogens is 1. The maximum absolute atomic E-state index is 11.1. The van der Waals surface area contributed by atoms with Crippen molar-refractivity contribution in [3.63, 3.8) is 0 Å². The van der Waals surface area contributed by atoms with Crippen LogP contribution in [-0.4, -0.2) is 32.1 Å². The van der Waals surface area contributed by atoms with Gasteiger partial charge in [0.2, 0.25) is 0 Å². The molecule has 0 aromatic heterocycles. The smallest absolute Gasteiger partial charge is 0.330 e. The monoisotopic (exact) mass is 370 g/mol. The van der Waals surface area contributed by atoms with Crippen molar-refractivity contribution >= 4 is 28.0 Å². The van der Waals surface area contributed by atoms with Crippen LogP contribution in [0.25, 0.3) is 6.08 Å². The number of esters is 1. The summed E-state index contributed by atoms with van der Waals surface area (Å²) in [5.74, 6) is 0.994. The van der Waals surface area contributed by atoms with E-state index < -0.39 is 0 Å². The number of hydrogen-bond acceptors (Lipinski definition) is 4. The Labute approximate surface area is 140 Å². The summed E-state index contributed by atoms with van der Waals surface area (Å²) in [6.07, 6.45) is 7.65. The average molecular weight is 371 g/mol. The van der Waals surface area contributed by atoms with Crippen LogP contribution in [0.5, 0.6) is 11.5 Å². The lowest BCUT2D eigenvalue weighted by Crippen LogP contribution is -1.99. The predicted molar refractivity (Wildman–Crippen MR) is 91.8 cm³/mol. The fourth-order valence-corrected chi connectivity index (χ4v) is 2.27. The van der Waals surface area contributed by atoms with Crippen molar-refractivity contribution in [1.82, 2.24) is 0 Å². The summed E-state index contributed by atoms with van der Waals surface area (Å²) in [7, 11) is 2.95. The number of hydrogen-bond donors (Lipinski definition) is 0. The molecule has 0 spiro atoms.